The quantitative estimate of drug-likeness (QED) is 0.336. The molecule has 0 bridgehead atoms. The Kier molecular flexibility index (Phi) is 7.17. The van der Waals surface area contributed by atoms with E-state index in [4.69, 9.17) is 22.9 Å². The van der Waals surface area contributed by atoms with Gasteiger partial charge in [-0.2, -0.15) is 0 Å². The molecule has 0 aliphatic heterocycles. The van der Waals surface area contributed by atoms with E-state index in [9.17, 15) is 0 Å². The Morgan fingerprint density at radius 1 is 0.452 bits per heavy atom. The van der Waals surface area contributed by atoms with Crippen molar-refractivity contribution in [2.24, 2.45) is 0 Å². The van der Waals surface area contributed by atoms with Crippen LogP contribution in [0.15, 0.2) is 97.1 Å². The molecule has 0 aliphatic rings. The van der Waals surface area contributed by atoms with Gasteiger partial charge in [0.1, 0.15) is 0 Å². The first-order chi connectivity index (χ1) is 14.9. The Hall–Kier alpha value is -3.92. The highest BCUT2D eigenvalue weighted by molar-refractivity contribution is 5.45. The zero-order chi connectivity index (χ0) is 22.2. The molecule has 0 fully saturated rings. The highest BCUT2D eigenvalue weighted by atomic mass is 14.5. The third-order valence-corrected chi connectivity index (χ3v) is 5.24. The molecule has 0 amide bonds. The van der Waals surface area contributed by atoms with Gasteiger partial charge < -0.3 is 22.9 Å². The van der Waals surface area contributed by atoms with E-state index in [1.165, 1.54) is 22.3 Å². The highest BCUT2D eigenvalue weighted by Gasteiger charge is 2.07. The molecule has 4 nitrogen and oxygen atoms in total. The lowest BCUT2D eigenvalue weighted by molar-refractivity contribution is 0.923. The number of nitrogens with two attached hydrogens (primary N) is 4. The van der Waals surface area contributed by atoms with Crippen LogP contribution in [0.4, 0.5) is 22.7 Å². The number of hydrogen-bond donors (Lipinski definition) is 4. The van der Waals surface area contributed by atoms with Gasteiger partial charge in [0.15, 0.2) is 0 Å². The minimum absolute atomic E-state index is 0.362. The topological polar surface area (TPSA) is 104 Å². The molecule has 4 rings (SSSR count). The average molecular weight is 411 g/mol. The zero-order valence-corrected chi connectivity index (χ0v) is 17.8. The number of rotatable bonds is 4. The van der Waals surface area contributed by atoms with Crippen molar-refractivity contribution >= 4 is 22.7 Å². The summed E-state index contributed by atoms with van der Waals surface area (Å²) in [4.78, 5) is 0. The van der Waals surface area contributed by atoms with Crippen LogP contribution in [-0.2, 0) is 6.42 Å². The number of anilines is 4. The summed E-state index contributed by atoms with van der Waals surface area (Å²) in [5.74, 6) is 0.362. The third kappa shape index (κ3) is 6.54. The van der Waals surface area contributed by atoms with Gasteiger partial charge in [-0.25, -0.2) is 0 Å². The van der Waals surface area contributed by atoms with Crippen LogP contribution >= 0.6 is 0 Å². The van der Waals surface area contributed by atoms with Crippen LogP contribution in [0, 0.1) is 0 Å². The monoisotopic (exact) mass is 410 g/mol. The van der Waals surface area contributed by atoms with Crippen LogP contribution in [0.1, 0.15) is 35.1 Å². The summed E-state index contributed by atoms with van der Waals surface area (Å²) in [6, 6.07) is 31.9. The van der Waals surface area contributed by atoms with Gasteiger partial charge in [-0.3, -0.25) is 0 Å². The lowest BCUT2D eigenvalue weighted by Crippen LogP contribution is -1.97. The summed E-state index contributed by atoms with van der Waals surface area (Å²) in [6.07, 6.45) is 0.917. The molecule has 0 spiro atoms. The van der Waals surface area contributed by atoms with E-state index in [2.05, 4.69) is 31.2 Å². The fourth-order valence-electron chi connectivity index (χ4n) is 3.27. The molecule has 31 heavy (non-hydrogen) atoms. The average Bonchev–Trinajstić information content (AvgIpc) is 2.78. The van der Waals surface area contributed by atoms with E-state index >= 15 is 0 Å². The lowest BCUT2D eigenvalue weighted by Gasteiger charge is -2.12. The second kappa shape index (κ2) is 10.2. The SMILES string of the molecule is CC(c1ccc(N)cc1)c1ccc(N)cc1.Nc1ccc(Cc2ccc(N)cc2)cc1. The smallest absolute Gasteiger partial charge is 0.0314 e. The predicted octanol–water partition coefficient (Wildman–Crippen LogP) is 5.44. The zero-order valence-electron chi connectivity index (χ0n) is 17.8. The number of nitrogen functional groups attached to an aromatic ring is 4. The standard InChI is InChI=1S/C14H16N2.C13H14N2/c1-10(11-2-6-13(15)7-3-11)12-4-8-14(16)9-5-12;14-12-5-1-10(2-6-12)9-11-3-7-13(15)8-4-11/h2-10H,15-16H2,1H3;1-8H,9,14-15H2. The predicted molar refractivity (Wildman–Crippen MR) is 134 cm³/mol. The Morgan fingerprint density at radius 3 is 1.00 bits per heavy atom. The van der Waals surface area contributed by atoms with Crippen molar-refractivity contribution < 1.29 is 0 Å². The second-order valence-electron chi connectivity index (χ2n) is 7.71. The summed E-state index contributed by atoms with van der Waals surface area (Å²) >= 11 is 0. The van der Waals surface area contributed by atoms with Crippen molar-refractivity contribution in [1.82, 2.24) is 0 Å². The van der Waals surface area contributed by atoms with Crippen LogP contribution in [0.3, 0.4) is 0 Å². The number of hydrogen-bond acceptors (Lipinski definition) is 4. The Bertz CT molecular complexity index is 979. The van der Waals surface area contributed by atoms with Crippen molar-refractivity contribution in [2.75, 3.05) is 22.9 Å². The Labute approximate surface area is 184 Å². The Morgan fingerprint density at radius 2 is 0.710 bits per heavy atom. The van der Waals surface area contributed by atoms with Gasteiger partial charge in [0, 0.05) is 28.7 Å². The molecule has 0 aromatic heterocycles. The van der Waals surface area contributed by atoms with Crippen molar-refractivity contribution in [3.63, 3.8) is 0 Å². The molecular formula is C27H30N4. The fraction of sp³-hybridized carbons (Fsp3) is 0.111. The molecule has 158 valence electrons. The molecule has 0 aliphatic carbocycles. The summed E-state index contributed by atoms with van der Waals surface area (Å²) in [7, 11) is 0. The van der Waals surface area contributed by atoms with Gasteiger partial charge in [0.25, 0.3) is 0 Å². The van der Waals surface area contributed by atoms with Crippen LogP contribution in [-0.4, -0.2) is 0 Å². The van der Waals surface area contributed by atoms with Crippen LogP contribution < -0.4 is 22.9 Å². The first-order valence-corrected chi connectivity index (χ1v) is 10.3. The maximum atomic E-state index is 5.67. The molecule has 0 saturated heterocycles. The van der Waals surface area contributed by atoms with Gasteiger partial charge in [-0.1, -0.05) is 55.5 Å². The summed E-state index contributed by atoms with van der Waals surface area (Å²) in [5.41, 5.74) is 30.8. The number of benzene rings is 4. The molecule has 0 heterocycles. The van der Waals surface area contributed by atoms with E-state index in [0.29, 0.717) is 5.92 Å². The molecule has 0 saturated carbocycles. The van der Waals surface area contributed by atoms with Gasteiger partial charge in [-0.05, 0) is 77.2 Å². The van der Waals surface area contributed by atoms with Crippen LogP contribution in [0.5, 0.6) is 0 Å². The fourth-order valence-corrected chi connectivity index (χ4v) is 3.27. The molecule has 4 heteroatoms. The van der Waals surface area contributed by atoms with E-state index in [1.807, 2.05) is 72.8 Å². The molecular weight excluding hydrogens is 380 g/mol. The summed E-state index contributed by atoms with van der Waals surface area (Å²) < 4.78 is 0. The normalized spacial score (nSPS) is 10.4. The first kappa shape index (κ1) is 21.8. The molecule has 0 unspecified atom stereocenters. The van der Waals surface area contributed by atoms with Gasteiger partial charge >= 0.3 is 0 Å². The van der Waals surface area contributed by atoms with Crippen molar-refractivity contribution in [3.8, 4) is 0 Å². The molecule has 0 atom stereocenters. The van der Waals surface area contributed by atoms with Crippen LogP contribution in [0.2, 0.25) is 0 Å². The Balaban J connectivity index is 0.000000176. The van der Waals surface area contributed by atoms with Gasteiger partial charge in [0.05, 0.1) is 0 Å². The largest absolute Gasteiger partial charge is 0.399 e. The van der Waals surface area contributed by atoms with Crippen molar-refractivity contribution in [1.29, 1.82) is 0 Å². The molecule has 0 radical (unpaired) electrons. The van der Waals surface area contributed by atoms with E-state index in [1.54, 1.807) is 0 Å². The summed E-state index contributed by atoms with van der Waals surface area (Å²) in [6.45, 7) is 2.18. The van der Waals surface area contributed by atoms with Crippen molar-refractivity contribution in [2.45, 2.75) is 19.3 Å². The van der Waals surface area contributed by atoms with E-state index < -0.39 is 0 Å². The minimum Gasteiger partial charge on any atom is -0.399 e. The maximum Gasteiger partial charge on any atom is 0.0314 e. The van der Waals surface area contributed by atoms with E-state index in [0.717, 1.165) is 29.2 Å². The molecule has 4 aromatic carbocycles. The van der Waals surface area contributed by atoms with Crippen LogP contribution in [0.25, 0.3) is 0 Å². The highest BCUT2D eigenvalue weighted by Crippen LogP contribution is 2.25. The first-order valence-electron chi connectivity index (χ1n) is 10.3. The third-order valence-electron chi connectivity index (χ3n) is 5.24. The minimum atomic E-state index is 0.362. The lowest BCUT2D eigenvalue weighted by atomic mass is 9.93. The maximum absolute atomic E-state index is 5.67. The van der Waals surface area contributed by atoms with Crippen molar-refractivity contribution in [3.05, 3.63) is 119 Å². The molecule has 8 N–H and O–H groups in total. The molecule has 4 aromatic rings. The second-order valence-corrected chi connectivity index (χ2v) is 7.71. The van der Waals surface area contributed by atoms with Gasteiger partial charge in [0.2, 0.25) is 0 Å². The van der Waals surface area contributed by atoms with Gasteiger partial charge in [-0.15, -0.1) is 0 Å². The van der Waals surface area contributed by atoms with E-state index in [-0.39, 0.29) is 0 Å². The summed E-state index contributed by atoms with van der Waals surface area (Å²) in [5, 5.41) is 0.